The lowest BCUT2D eigenvalue weighted by Gasteiger charge is -2.26. The molecular weight excluding hydrogens is 184 g/mol. The lowest BCUT2D eigenvalue weighted by Crippen LogP contribution is -2.31. The van der Waals surface area contributed by atoms with Crippen LogP contribution in [-0.2, 0) is 4.79 Å². The zero-order valence-corrected chi connectivity index (χ0v) is 8.70. The third-order valence-corrected chi connectivity index (χ3v) is 2.18. The molecule has 0 rings (SSSR count). The normalized spacial score (nSPS) is 11.7. The fraction of sp³-hybridized carbons (Fsp3) is 0.900. The molecule has 0 aromatic rings. The maximum Gasteiger partial charge on any atom is 0.132 e. The molecule has 0 saturated heterocycles. The Morgan fingerprint density at radius 1 is 1.14 bits per heavy atom. The SMILES string of the molecule is CC(=O)CC(O)(CCCO)CCCO. The molecule has 0 heterocycles. The molecule has 0 radical (unpaired) electrons. The van der Waals surface area contributed by atoms with Crippen LogP contribution in [-0.4, -0.2) is 39.9 Å². The van der Waals surface area contributed by atoms with E-state index < -0.39 is 5.60 Å². The molecule has 0 amide bonds. The number of aliphatic hydroxyl groups excluding tert-OH is 2. The van der Waals surface area contributed by atoms with E-state index in [1.54, 1.807) is 0 Å². The number of Topliss-reactive ketones (excluding diaryl/α,β-unsaturated/α-hetero) is 1. The van der Waals surface area contributed by atoms with Gasteiger partial charge in [-0.25, -0.2) is 0 Å². The van der Waals surface area contributed by atoms with Gasteiger partial charge in [-0.15, -0.1) is 0 Å². The molecule has 0 fully saturated rings. The summed E-state index contributed by atoms with van der Waals surface area (Å²) >= 11 is 0. The molecule has 4 nitrogen and oxygen atoms in total. The van der Waals surface area contributed by atoms with Crippen molar-refractivity contribution in [1.82, 2.24) is 0 Å². The molecule has 0 bridgehead atoms. The summed E-state index contributed by atoms with van der Waals surface area (Å²) in [4.78, 5) is 10.9. The third kappa shape index (κ3) is 6.07. The van der Waals surface area contributed by atoms with Crippen molar-refractivity contribution < 1.29 is 20.1 Å². The molecule has 0 saturated carbocycles. The summed E-state index contributed by atoms with van der Waals surface area (Å²) in [6, 6.07) is 0. The topological polar surface area (TPSA) is 77.8 Å². The molecule has 0 aromatic carbocycles. The van der Waals surface area contributed by atoms with Gasteiger partial charge in [-0.3, -0.25) is 4.79 Å². The number of carbonyl (C=O) groups is 1. The molecule has 0 aromatic heterocycles. The molecule has 0 aliphatic carbocycles. The summed E-state index contributed by atoms with van der Waals surface area (Å²) in [5, 5.41) is 27.3. The monoisotopic (exact) mass is 204 g/mol. The van der Waals surface area contributed by atoms with Crippen molar-refractivity contribution in [3.8, 4) is 0 Å². The van der Waals surface area contributed by atoms with Crippen LogP contribution >= 0.6 is 0 Å². The Bertz CT molecular complexity index is 160. The molecular formula is C10H20O4. The van der Waals surface area contributed by atoms with E-state index in [0.29, 0.717) is 25.7 Å². The van der Waals surface area contributed by atoms with Crippen LogP contribution < -0.4 is 0 Å². The van der Waals surface area contributed by atoms with Crippen LogP contribution in [0.15, 0.2) is 0 Å². The van der Waals surface area contributed by atoms with Crippen LogP contribution in [0.1, 0.15) is 39.0 Å². The lowest BCUT2D eigenvalue weighted by molar-refractivity contribution is -0.122. The highest BCUT2D eigenvalue weighted by atomic mass is 16.3. The van der Waals surface area contributed by atoms with Crippen LogP contribution in [0.2, 0.25) is 0 Å². The van der Waals surface area contributed by atoms with E-state index in [0.717, 1.165) is 0 Å². The average molecular weight is 204 g/mol. The van der Waals surface area contributed by atoms with Crippen molar-refractivity contribution in [2.45, 2.75) is 44.6 Å². The van der Waals surface area contributed by atoms with E-state index in [1.165, 1.54) is 6.92 Å². The number of ketones is 1. The third-order valence-electron chi connectivity index (χ3n) is 2.18. The largest absolute Gasteiger partial charge is 0.396 e. The van der Waals surface area contributed by atoms with E-state index in [-0.39, 0.29) is 25.4 Å². The summed E-state index contributed by atoms with van der Waals surface area (Å²) in [6.45, 7) is 1.46. The minimum atomic E-state index is -1.04. The Labute approximate surface area is 84.6 Å². The van der Waals surface area contributed by atoms with E-state index in [1.807, 2.05) is 0 Å². The van der Waals surface area contributed by atoms with Gasteiger partial charge in [-0.2, -0.15) is 0 Å². The Kier molecular flexibility index (Phi) is 6.70. The number of hydrogen-bond acceptors (Lipinski definition) is 4. The second-order valence-electron chi connectivity index (χ2n) is 3.76. The second kappa shape index (κ2) is 6.92. The lowest BCUT2D eigenvalue weighted by atomic mass is 9.87. The van der Waals surface area contributed by atoms with Gasteiger partial charge in [-0.05, 0) is 32.6 Å². The van der Waals surface area contributed by atoms with Crippen LogP contribution in [0.3, 0.4) is 0 Å². The maximum absolute atomic E-state index is 10.9. The molecule has 0 aliphatic rings. The Balaban J connectivity index is 4.09. The van der Waals surface area contributed by atoms with E-state index >= 15 is 0 Å². The van der Waals surface area contributed by atoms with Crippen LogP contribution in [0.5, 0.6) is 0 Å². The van der Waals surface area contributed by atoms with Crippen molar-refractivity contribution in [2.24, 2.45) is 0 Å². The first-order valence-electron chi connectivity index (χ1n) is 4.97. The fourth-order valence-corrected chi connectivity index (χ4v) is 1.58. The van der Waals surface area contributed by atoms with E-state index in [2.05, 4.69) is 0 Å². The first-order chi connectivity index (χ1) is 6.54. The summed E-state index contributed by atoms with van der Waals surface area (Å²) < 4.78 is 0. The van der Waals surface area contributed by atoms with Gasteiger partial charge < -0.3 is 15.3 Å². The van der Waals surface area contributed by atoms with Crippen molar-refractivity contribution in [2.75, 3.05) is 13.2 Å². The quantitative estimate of drug-likeness (QED) is 0.529. The smallest absolute Gasteiger partial charge is 0.132 e. The molecule has 0 atom stereocenters. The van der Waals surface area contributed by atoms with Gasteiger partial charge in [0.1, 0.15) is 5.78 Å². The zero-order valence-electron chi connectivity index (χ0n) is 8.70. The fourth-order valence-electron chi connectivity index (χ4n) is 1.58. The van der Waals surface area contributed by atoms with Gasteiger partial charge in [0.2, 0.25) is 0 Å². The highest BCUT2D eigenvalue weighted by molar-refractivity contribution is 5.76. The Morgan fingerprint density at radius 3 is 1.86 bits per heavy atom. The standard InChI is InChI=1S/C10H20O4/c1-9(13)8-10(14,4-2-6-11)5-3-7-12/h11-12,14H,2-8H2,1H3. The van der Waals surface area contributed by atoms with Gasteiger partial charge in [0, 0.05) is 19.6 Å². The van der Waals surface area contributed by atoms with Crippen molar-refractivity contribution in [1.29, 1.82) is 0 Å². The number of aliphatic hydroxyl groups is 3. The van der Waals surface area contributed by atoms with Crippen molar-refractivity contribution in [3.63, 3.8) is 0 Å². The molecule has 0 aliphatic heterocycles. The zero-order chi connectivity index (χ0) is 11.0. The van der Waals surface area contributed by atoms with Crippen molar-refractivity contribution >= 4 is 5.78 Å². The summed E-state index contributed by atoms with van der Waals surface area (Å²) in [5.74, 6) is -0.0663. The van der Waals surface area contributed by atoms with Crippen LogP contribution in [0, 0.1) is 0 Å². The van der Waals surface area contributed by atoms with E-state index in [4.69, 9.17) is 10.2 Å². The number of carbonyl (C=O) groups excluding carboxylic acids is 1. The first kappa shape index (κ1) is 13.5. The van der Waals surface area contributed by atoms with E-state index in [9.17, 15) is 9.90 Å². The predicted octanol–water partition coefficient (Wildman–Crippen LogP) is 0.242. The Hall–Kier alpha value is -0.450. The summed E-state index contributed by atoms with van der Waals surface area (Å²) in [5.41, 5.74) is -1.04. The molecule has 14 heavy (non-hydrogen) atoms. The average Bonchev–Trinajstić information content (AvgIpc) is 2.11. The van der Waals surface area contributed by atoms with Gasteiger partial charge in [-0.1, -0.05) is 0 Å². The predicted molar refractivity (Wildman–Crippen MR) is 52.9 cm³/mol. The second-order valence-corrected chi connectivity index (χ2v) is 3.76. The van der Waals surface area contributed by atoms with Crippen molar-refractivity contribution in [3.05, 3.63) is 0 Å². The molecule has 0 spiro atoms. The van der Waals surface area contributed by atoms with Gasteiger partial charge in [0.25, 0.3) is 0 Å². The maximum atomic E-state index is 10.9. The summed E-state index contributed by atoms with van der Waals surface area (Å²) in [7, 11) is 0. The summed E-state index contributed by atoms with van der Waals surface area (Å²) in [6.07, 6.45) is 1.88. The highest BCUT2D eigenvalue weighted by Crippen LogP contribution is 2.23. The van der Waals surface area contributed by atoms with Gasteiger partial charge >= 0.3 is 0 Å². The number of rotatable bonds is 8. The number of hydrogen-bond donors (Lipinski definition) is 3. The minimum Gasteiger partial charge on any atom is -0.396 e. The van der Waals surface area contributed by atoms with Gasteiger partial charge in [0.15, 0.2) is 0 Å². The minimum absolute atomic E-state index is 0.0132. The van der Waals surface area contributed by atoms with Crippen LogP contribution in [0.4, 0.5) is 0 Å². The molecule has 0 unspecified atom stereocenters. The molecule has 3 N–H and O–H groups in total. The van der Waals surface area contributed by atoms with Crippen LogP contribution in [0.25, 0.3) is 0 Å². The molecule has 84 valence electrons. The Morgan fingerprint density at radius 2 is 1.57 bits per heavy atom. The molecule has 4 heteroatoms. The first-order valence-corrected chi connectivity index (χ1v) is 4.97. The highest BCUT2D eigenvalue weighted by Gasteiger charge is 2.27. The van der Waals surface area contributed by atoms with Gasteiger partial charge in [0.05, 0.1) is 5.60 Å².